The number of carbonyl (C=O) groups excluding carboxylic acids is 1. The standard InChI is InChI=1S/C22H18N6O3S2/c1-14(33-22-24-19(26-27-22)11-10-15-6-3-2-4-7-15)20(29)25-21-23-18(13-32-21)16-8-5-9-17(12-16)28(30)31/h2-14H,1H3,(H,23,25,29)(H,24,26,27)/b11-10+. The summed E-state index contributed by atoms with van der Waals surface area (Å²) in [6, 6.07) is 16.0. The maximum Gasteiger partial charge on any atom is 0.270 e. The van der Waals surface area contributed by atoms with Crippen LogP contribution >= 0.6 is 23.1 Å². The molecular weight excluding hydrogens is 460 g/mol. The fourth-order valence-corrected chi connectivity index (χ4v) is 4.24. The number of nitro benzene ring substituents is 1. The molecule has 1 amide bonds. The van der Waals surface area contributed by atoms with Crippen LogP contribution in [0.5, 0.6) is 0 Å². The van der Waals surface area contributed by atoms with Gasteiger partial charge in [0.2, 0.25) is 11.1 Å². The summed E-state index contributed by atoms with van der Waals surface area (Å²) in [7, 11) is 0. The molecule has 0 bridgehead atoms. The van der Waals surface area contributed by atoms with Crippen LogP contribution in [0.2, 0.25) is 0 Å². The summed E-state index contributed by atoms with van der Waals surface area (Å²) in [5.74, 6) is 0.349. The lowest BCUT2D eigenvalue weighted by Crippen LogP contribution is -2.22. The molecule has 0 fully saturated rings. The van der Waals surface area contributed by atoms with Crippen molar-refractivity contribution < 1.29 is 9.72 Å². The number of hydrogen-bond donors (Lipinski definition) is 2. The van der Waals surface area contributed by atoms with Crippen LogP contribution in [-0.4, -0.2) is 36.2 Å². The molecule has 1 unspecified atom stereocenters. The van der Waals surface area contributed by atoms with Crippen LogP contribution in [0.1, 0.15) is 18.3 Å². The number of hydrogen-bond acceptors (Lipinski definition) is 8. The Bertz CT molecular complexity index is 1300. The van der Waals surface area contributed by atoms with E-state index < -0.39 is 10.2 Å². The van der Waals surface area contributed by atoms with Gasteiger partial charge in [0.1, 0.15) is 5.82 Å². The molecule has 2 aromatic carbocycles. The molecule has 9 nitrogen and oxygen atoms in total. The minimum Gasteiger partial charge on any atom is -0.301 e. The van der Waals surface area contributed by atoms with Gasteiger partial charge in [-0.2, -0.15) is 0 Å². The predicted octanol–water partition coefficient (Wildman–Crippen LogP) is 5.13. The highest BCUT2D eigenvalue weighted by molar-refractivity contribution is 8.00. The quantitative estimate of drug-likeness (QED) is 0.204. The Morgan fingerprint density at radius 2 is 2.00 bits per heavy atom. The van der Waals surface area contributed by atoms with E-state index in [9.17, 15) is 14.9 Å². The molecule has 4 aromatic rings. The van der Waals surface area contributed by atoms with Gasteiger partial charge in [-0.15, -0.1) is 16.4 Å². The molecule has 166 valence electrons. The molecule has 1 atom stereocenters. The molecule has 0 aliphatic heterocycles. The van der Waals surface area contributed by atoms with Gasteiger partial charge in [-0.25, -0.2) is 9.97 Å². The maximum atomic E-state index is 12.6. The highest BCUT2D eigenvalue weighted by atomic mass is 32.2. The summed E-state index contributed by atoms with van der Waals surface area (Å²) in [4.78, 5) is 31.9. The first kappa shape index (κ1) is 22.4. The molecule has 0 radical (unpaired) electrons. The van der Waals surface area contributed by atoms with E-state index in [0.29, 0.717) is 27.4 Å². The maximum absolute atomic E-state index is 12.6. The van der Waals surface area contributed by atoms with Crippen LogP contribution in [0.15, 0.2) is 65.1 Å². The lowest BCUT2D eigenvalue weighted by Gasteiger charge is -2.07. The molecule has 4 rings (SSSR count). The number of benzene rings is 2. The molecule has 11 heteroatoms. The minimum atomic E-state index is -0.461. The van der Waals surface area contributed by atoms with E-state index in [4.69, 9.17) is 0 Å². The van der Waals surface area contributed by atoms with E-state index in [2.05, 4.69) is 25.5 Å². The Labute approximate surface area is 197 Å². The Kier molecular flexibility index (Phi) is 6.91. The van der Waals surface area contributed by atoms with Gasteiger partial charge >= 0.3 is 0 Å². The van der Waals surface area contributed by atoms with Crippen LogP contribution in [0.4, 0.5) is 10.8 Å². The zero-order valence-electron chi connectivity index (χ0n) is 17.3. The van der Waals surface area contributed by atoms with Gasteiger partial charge in [0, 0.05) is 23.1 Å². The van der Waals surface area contributed by atoms with Crippen molar-refractivity contribution in [2.24, 2.45) is 0 Å². The third-order valence-corrected chi connectivity index (χ3v) is 6.17. The van der Waals surface area contributed by atoms with E-state index in [1.54, 1.807) is 24.4 Å². The van der Waals surface area contributed by atoms with Crippen molar-refractivity contribution in [2.75, 3.05) is 5.32 Å². The average molecular weight is 479 g/mol. The van der Waals surface area contributed by atoms with Crippen LogP contribution in [0.25, 0.3) is 23.4 Å². The van der Waals surface area contributed by atoms with E-state index in [0.717, 1.165) is 5.56 Å². The molecule has 0 aliphatic carbocycles. The van der Waals surface area contributed by atoms with Crippen LogP contribution < -0.4 is 5.32 Å². The number of amides is 1. The number of carbonyl (C=O) groups is 1. The second-order valence-electron chi connectivity index (χ2n) is 6.84. The van der Waals surface area contributed by atoms with Crippen molar-refractivity contribution in [2.45, 2.75) is 17.3 Å². The number of nitrogens with zero attached hydrogens (tertiary/aromatic N) is 4. The van der Waals surface area contributed by atoms with E-state index >= 15 is 0 Å². The third-order valence-electron chi connectivity index (χ3n) is 4.45. The molecular formula is C22H18N6O3S2. The lowest BCUT2D eigenvalue weighted by molar-refractivity contribution is -0.384. The van der Waals surface area contributed by atoms with Crippen LogP contribution in [0, 0.1) is 10.1 Å². The first-order chi connectivity index (χ1) is 16.0. The summed E-state index contributed by atoms with van der Waals surface area (Å²) < 4.78 is 0. The van der Waals surface area contributed by atoms with E-state index in [1.165, 1.54) is 35.2 Å². The zero-order chi connectivity index (χ0) is 23.2. The van der Waals surface area contributed by atoms with Gasteiger partial charge in [-0.05, 0) is 18.6 Å². The topological polar surface area (TPSA) is 127 Å². The smallest absolute Gasteiger partial charge is 0.270 e. The van der Waals surface area contributed by atoms with Gasteiger partial charge in [0.25, 0.3) is 5.69 Å². The number of thiazole rings is 1. The number of non-ortho nitro benzene ring substituents is 1. The number of nitro groups is 1. The van der Waals surface area contributed by atoms with Crippen molar-refractivity contribution in [3.8, 4) is 11.3 Å². The monoisotopic (exact) mass is 478 g/mol. The zero-order valence-corrected chi connectivity index (χ0v) is 19.0. The number of H-pyrrole nitrogens is 1. The van der Waals surface area contributed by atoms with Crippen molar-refractivity contribution in [3.05, 3.63) is 81.5 Å². The van der Waals surface area contributed by atoms with Crippen molar-refractivity contribution in [1.29, 1.82) is 0 Å². The fourth-order valence-electron chi connectivity index (χ4n) is 2.79. The van der Waals surface area contributed by atoms with Crippen LogP contribution in [0.3, 0.4) is 0 Å². The number of nitrogens with one attached hydrogen (secondary N) is 2. The van der Waals surface area contributed by atoms with E-state index in [1.807, 2.05) is 42.5 Å². The summed E-state index contributed by atoms with van der Waals surface area (Å²) in [5.41, 5.74) is 2.20. The van der Waals surface area contributed by atoms with Crippen LogP contribution in [-0.2, 0) is 4.79 Å². The van der Waals surface area contributed by atoms with Gasteiger partial charge in [0.15, 0.2) is 5.13 Å². The molecule has 0 aliphatic rings. The van der Waals surface area contributed by atoms with Gasteiger partial charge in [-0.1, -0.05) is 60.3 Å². The molecule has 2 aromatic heterocycles. The fraction of sp³-hybridized carbons (Fsp3) is 0.0909. The second kappa shape index (κ2) is 10.2. The Morgan fingerprint density at radius 1 is 1.18 bits per heavy atom. The number of thioether (sulfide) groups is 1. The summed E-state index contributed by atoms with van der Waals surface area (Å²) in [6.07, 6.45) is 3.74. The molecule has 0 spiro atoms. The second-order valence-corrected chi connectivity index (χ2v) is 9.01. The lowest BCUT2D eigenvalue weighted by atomic mass is 10.1. The molecule has 2 N–H and O–H groups in total. The highest BCUT2D eigenvalue weighted by Crippen LogP contribution is 2.28. The Balaban J connectivity index is 1.35. The number of aromatic nitrogens is 4. The first-order valence-corrected chi connectivity index (χ1v) is 11.6. The van der Waals surface area contributed by atoms with Gasteiger partial charge in [-0.3, -0.25) is 20.0 Å². The number of anilines is 1. The largest absolute Gasteiger partial charge is 0.301 e. The SMILES string of the molecule is CC(Sc1n[nH]c(/C=C/c2ccccc2)n1)C(=O)Nc1nc(-c2cccc([N+](=O)[O-])c2)cs1. The highest BCUT2D eigenvalue weighted by Gasteiger charge is 2.19. The van der Waals surface area contributed by atoms with Crippen molar-refractivity contribution in [3.63, 3.8) is 0 Å². The summed E-state index contributed by atoms with van der Waals surface area (Å²) >= 11 is 2.47. The van der Waals surface area contributed by atoms with Crippen molar-refractivity contribution in [1.82, 2.24) is 20.2 Å². The van der Waals surface area contributed by atoms with Gasteiger partial charge < -0.3 is 5.32 Å². The third kappa shape index (κ3) is 5.90. The predicted molar refractivity (Wildman–Crippen MR) is 130 cm³/mol. The number of rotatable bonds is 8. The summed E-state index contributed by atoms with van der Waals surface area (Å²) in [6.45, 7) is 1.75. The van der Waals surface area contributed by atoms with E-state index in [-0.39, 0.29) is 11.6 Å². The summed E-state index contributed by atoms with van der Waals surface area (Å²) in [5, 5.41) is 22.9. The van der Waals surface area contributed by atoms with Gasteiger partial charge in [0.05, 0.1) is 15.9 Å². The minimum absolute atomic E-state index is 0.0133. The normalized spacial score (nSPS) is 12.0. The average Bonchev–Trinajstić information content (AvgIpc) is 3.48. The first-order valence-electron chi connectivity index (χ1n) is 9.81. The Hall–Kier alpha value is -3.83. The number of aromatic amines is 1. The molecule has 0 saturated carbocycles. The Morgan fingerprint density at radius 3 is 2.79 bits per heavy atom. The molecule has 33 heavy (non-hydrogen) atoms. The molecule has 0 saturated heterocycles. The molecule has 2 heterocycles. The van der Waals surface area contributed by atoms with Crippen molar-refractivity contribution >= 4 is 52.0 Å².